The van der Waals surface area contributed by atoms with Gasteiger partial charge in [-0.05, 0) is 23.8 Å². The second-order valence-electron chi connectivity index (χ2n) is 3.30. The molecule has 86 valence electrons. The van der Waals surface area contributed by atoms with Gasteiger partial charge in [-0.15, -0.1) is 0 Å². The Kier molecular flexibility index (Phi) is 4.21. The molecule has 6 N–H and O–H groups in total. The van der Waals surface area contributed by atoms with E-state index >= 15 is 0 Å². The molecule has 0 saturated heterocycles. The molecule has 0 aromatic heterocycles. The lowest BCUT2D eigenvalue weighted by molar-refractivity contribution is -0.138. The zero-order valence-corrected chi connectivity index (χ0v) is 9.33. The van der Waals surface area contributed by atoms with Crippen LogP contribution in [0.3, 0.4) is 0 Å². The van der Waals surface area contributed by atoms with Gasteiger partial charge in [-0.25, -0.2) is 0 Å². The van der Waals surface area contributed by atoms with Crippen molar-refractivity contribution in [2.45, 2.75) is 12.5 Å². The van der Waals surface area contributed by atoms with Crippen LogP contribution in [0, 0.1) is 0 Å². The molecule has 5 nitrogen and oxygen atoms in total. The molecule has 1 aromatic rings. The molecule has 0 amide bonds. The molecule has 0 fully saturated rings. The van der Waals surface area contributed by atoms with E-state index in [2.05, 4.69) is 5.32 Å². The first kappa shape index (κ1) is 12.4. The molecule has 1 aromatic carbocycles. The molecule has 1 atom stereocenters. The van der Waals surface area contributed by atoms with Crippen LogP contribution >= 0.6 is 12.2 Å². The van der Waals surface area contributed by atoms with Crippen LogP contribution < -0.4 is 16.8 Å². The summed E-state index contributed by atoms with van der Waals surface area (Å²) < 4.78 is 0. The third-order valence-electron chi connectivity index (χ3n) is 2.03. The lowest BCUT2D eigenvalue weighted by atomic mass is 10.0. The Morgan fingerprint density at radius 1 is 1.50 bits per heavy atom. The number of aliphatic carboxylic acids is 1. The molecule has 0 bridgehead atoms. The Bertz CT molecular complexity index is 409. The molecule has 0 aliphatic rings. The van der Waals surface area contributed by atoms with E-state index in [9.17, 15) is 4.79 Å². The summed E-state index contributed by atoms with van der Waals surface area (Å²) in [5.41, 5.74) is 12.3. The second kappa shape index (κ2) is 5.43. The van der Waals surface area contributed by atoms with Crippen molar-refractivity contribution >= 4 is 29.0 Å². The fourth-order valence-electron chi connectivity index (χ4n) is 1.28. The maximum atomic E-state index is 10.6. The quantitative estimate of drug-likeness (QED) is 0.564. The van der Waals surface area contributed by atoms with E-state index in [1.165, 1.54) is 0 Å². The highest BCUT2D eigenvalue weighted by Gasteiger charge is 2.14. The van der Waals surface area contributed by atoms with Crippen LogP contribution in [0.2, 0.25) is 0 Å². The van der Waals surface area contributed by atoms with Crippen molar-refractivity contribution in [2.75, 3.05) is 5.32 Å². The molecule has 0 heterocycles. The molecule has 1 rings (SSSR count). The number of carboxylic acid groups (broad SMARTS) is 1. The number of benzene rings is 1. The number of hydrogen-bond donors (Lipinski definition) is 4. The van der Waals surface area contributed by atoms with Crippen LogP contribution in [-0.4, -0.2) is 22.2 Å². The highest BCUT2D eigenvalue weighted by Crippen LogP contribution is 2.16. The van der Waals surface area contributed by atoms with E-state index in [4.69, 9.17) is 28.8 Å². The van der Waals surface area contributed by atoms with Gasteiger partial charge in [0.15, 0.2) is 5.11 Å². The molecule has 0 radical (unpaired) electrons. The largest absolute Gasteiger partial charge is 0.480 e. The Hall–Kier alpha value is -1.66. The van der Waals surface area contributed by atoms with Crippen molar-refractivity contribution in [3.8, 4) is 0 Å². The number of para-hydroxylation sites is 1. The van der Waals surface area contributed by atoms with E-state index in [1.807, 2.05) is 0 Å². The first-order chi connectivity index (χ1) is 7.50. The summed E-state index contributed by atoms with van der Waals surface area (Å²) in [5.74, 6) is -1.04. The predicted octanol–water partition coefficient (Wildman–Crippen LogP) is 0.296. The van der Waals surface area contributed by atoms with Crippen LogP contribution in [0.1, 0.15) is 5.56 Å². The first-order valence-electron chi connectivity index (χ1n) is 4.63. The van der Waals surface area contributed by atoms with Crippen LogP contribution in [0.25, 0.3) is 0 Å². The van der Waals surface area contributed by atoms with Crippen molar-refractivity contribution in [3.05, 3.63) is 29.8 Å². The SMILES string of the molecule is NC(=S)Nc1ccccc1C[C@H](N)C(=O)O. The average Bonchev–Trinajstić information content (AvgIpc) is 2.20. The maximum absolute atomic E-state index is 10.6. The van der Waals surface area contributed by atoms with Crippen molar-refractivity contribution < 1.29 is 9.90 Å². The van der Waals surface area contributed by atoms with Gasteiger partial charge in [0.1, 0.15) is 6.04 Å². The van der Waals surface area contributed by atoms with E-state index in [0.29, 0.717) is 5.69 Å². The fraction of sp³-hybridized carbons (Fsp3) is 0.200. The van der Waals surface area contributed by atoms with Crippen molar-refractivity contribution in [3.63, 3.8) is 0 Å². The Morgan fingerprint density at radius 2 is 2.12 bits per heavy atom. The average molecular weight is 239 g/mol. The fourth-order valence-corrected chi connectivity index (χ4v) is 1.39. The molecule has 0 unspecified atom stereocenters. The standard InChI is InChI=1S/C10H13N3O2S/c11-7(9(14)15)5-6-3-1-2-4-8(6)13-10(12)16/h1-4,7H,5,11H2,(H,14,15)(H3,12,13,16)/t7-/m0/s1. The minimum absolute atomic E-state index is 0.136. The lowest BCUT2D eigenvalue weighted by Crippen LogP contribution is -2.32. The number of anilines is 1. The Balaban J connectivity index is 2.86. The Morgan fingerprint density at radius 3 is 2.69 bits per heavy atom. The molecular weight excluding hydrogens is 226 g/mol. The number of carboxylic acids is 1. The normalized spacial score (nSPS) is 11.8. The van der Waals surface area contributed by atoms with Crippen molar-refractivity contribution in [1.29, 1.82) is 0 Å². The summed E-state index contributed by atoms with van der Waals surface area (Å²) in [4.78, 5) is 10.6. The predicted molar refractivity (Wildman–Crippen MR) is 66.2 cm³/mol. The molecule has 6 heteroatoms. The van der Waals surface area contributed by atoms with Gasteiger partial charge in [0.05, 0.1) is 0 Å². The highest BCUT2D eigenvalue weighted by atomic mass is 32.1. The van der Waals surface area contributed by atoms with Crippen LogP contribution in [-0.2, 0) is 11.2 Å². The summed E-state index contributed by atoms with van der Waals surface area (Å²) in [7, 11) is 0. The number of carbonyl (C=O) groups is 1. The molecule has 16 heavy (non-hydrogen) atoms. The van der Waals surface area contributed by atoms with E-state index in [1.54, 1.807) is 24.3 Å². The summed E-state index contributed by atoms with van der Waals surface area (Å²) in [5, 5.41) is 11.6. The third kappa shape index (κ3) is 3.48. The van der Waals surface area contributed by atoms with E-state index < -0.39 is 12.0 Å². The van der Waals surface area contributed by atoms with Gasteiger partial charge in [-0.2, -0.15) is 0 Å². The summed E-state index contributed by atoms with van der Waals surface area (Å²) in [6.07, 6.45) is 0.223. The smallest absolute Gasteiger partial charge is 0.320 e. The molecule has 0 spiro atoms. The van der Waals surface area contributed by atoms with Crippen LogP contribution in [0.15, 0.2) is 24.3 Å². The van der Waals surface area contributed by atoms with Crippen molar-refractivity contribution in [2.24, 2.45) is 11.5 Å². The Labute approximate surface area is 98.4 Å². The summed E-state index contributed by atoms with van der Waals surface area (Å²) in [6, 6.07) is 6.21. The van der Waals surface area contributed by atoms with Gasteiger partial charge >= 0.3 is 5.97 Å². The minimum Gasteiger partial charge on any atom is -0.480 e. The monoisotopic (exact) mass is 239 g/mol. The van der Waals surface area contributed by atoms with E-state index in [0.717, 1.165) is 5.56 Å². The van der Waals surface area contributed by atoms with Gasteiger partial charge < -0.3 is 21.9 Å². The van der Waals surface area contributed by atoms with Crippen LogP contribution in [0.5, 0.6) is 0 Å². The number of nitrogens with two attached hydrogens (primary N) is 2. The zero-order chi connectivity index (χ0) is 12.1. The van der Waals surface area contributed by atoms with Gasteiger partial charge in [0.2, 0.25) is 0 Å². The van der Waals surface area contributed by atoms with Crippen molar-refractivity contribution in [1.82, 2.24) is 0 Å². The lowest BCUT2D eigenvalue weighted by Gasteiger charge is -2.12. The van der Waals surface area contributed by atoms with E-state index in [-0.39, 0.29) is 11.5 Å². The van der Waals surface area contributed by atoms with Gasteiger partial charge in [0, 0.05) is 12.1 Å². The highest BCUT2D eigenvalue weighted by molar-refractivity contribution is 7.80. The minimum atomic E-state index is -1.04. The van der Waals surface area contributed by atoms with Gasteiger partial charge in [-0.1, -0.05) is 18.2 Å². The van der Waals surface area contributed by atoms with Crippen LogP contribution in [0.4, 0.5) is 5.69 Å². The molecule has 0 saturated carbocycles. The summed E-state index contributed by atoms with van der Waals surface area (Å²) >= 11 is 4.72. The van der Waals surface area contributed by atoms with Gasteiger partial charge in [0.25, 0.3) is 0 Å². The summed E-state index contributed by atoms with van der Waals surface area (Å²) in [6.45, 7) is 0. The third-order valence-corrected chi connectivity index (χ3v) is 2.13. The zero-order valence-electron chi connectivity index (χ0n) is 8.51. The number of thiocarbonyl (C=S) groups is 1. The number of nitrogens with one attached hydrogen (secondary N) is 1. The first-order valence-corrected chi connectivity index (χ1v) is 5.04. The topological polar surface area (TPSA) is 101 Å². The second-order valence-corrected chi connectivity index (χ2v) is 3.74. The van der Waals surface area contributed by atoms with Gasteiger partial charge in [-0.3, -0.25) is 4.79 Å². The number of hydrogen-bond acceptors (Lipinski definition) is 3. The number of rotatable bonds is 4. The molecular formula is C10H13N3O2S. The molecule has 0 aliphatic carbocycles. The maximum Gasteiger partial charge on any atom is 0.320 e. The molecule has 0 aliphatic heterocycles.